The lowest BCUT2D eigenvalue weighted by Gasteiger charge is -2.06. The second kappa shape index (κ2) is 7.77. The van der Waals surface area contributed by atoms with Gasteiger partial charge in [0.25, 0.3) is 11.6 Å². The number of halogens is 1. The Morgan fingerprint density at radius 1 is 1.37 bits per heavy atom. The molecular weight excluding hydrogens is 394 g/mol. The highest BCUT2D eigenvalue weighted by Crippen LogP contribution is 2.29. The van der Waals surface area contributed by atoms with Crippen LogP contribution in [0.25, 0.3) is 0 Å². The Labute approximate surface area is 162 Å². The summed E-state index contributed by atoms with van der Waals surface area (Å²) in [4.78, 5) is 27.8. The van der Waals surface area contributed by atoms with Crippen LogP contribution in [0.2, 0.25) is 5.02 Å². The molecule has 1 amide bonds. The molecular formula is C17H14ClN3O5S. The molecule has 1 aromatic carbocycles. The molecule has 0 aliphatic rings. The number of thiazole rings is 1. The summed E-state index contributed by atoms with van der Waals surface area (Å²) in [6, 6.07) is 6.99. The Bertz CT molecular complexity index is 994. The molecule has 0 radical (unpaired) electrons. The first-order valence-electron chi connectivity index (χ1n) is 7.74. The fourth-order valence-corrected chi connectivity index (χ4v) is 3.11. The van der Waals surface area contributed by atoms with Crippen LogP contribution in [0.4, 0.5) is 10.8 Å². The van der Waals surface area contributed by atoms with Gasteiger partial charge in [-0.2, -0.15) is 0 Å². The first-order chi connectivity index (χ1) is 12.8. The number of hydrogen-bond donors (Lipinski definition) is 1. The molecule has 0 fully saturated rings. The Balaban J connectivity index is 1.65. The number of furan rings is 1. The molecule has 0 saturated carbocycles. The normalized spacial score (nSPS) is 10.6. The smallest absolute Gasteiger partial charge is 0.293 e. The van der Waals surface area contributed by atoms with E-state index in [4.69, 9.17) is 20.8 Å². The van der Waals surface area contributed by atoms with Crippen LogP contribution in [0.5, 0.6) is 5.75 Å². The lowest BCUT2D eigenvalue weighted by molar-refractivity contribution is -0.384. The summed E-state index contributed by atoms with van der Waals surface area (Å²) in [5.74, 6) is 0.198. The second-order valence-corrected chi connectivity index (χ2v) is 7.15. The van der Waals surface area contributed by atoms with E-state index in [1.807, 2.05) is 13.8 Å². The molecule has 2 heterocycles. The maximum absolute atomic E-state index is 12.2. The summed E-state index contributed by atoms with van der Waals surface area (Å²) in [6.45, 7) is 3.75. The minimum absolute atomic E-state index is 0.0381. The van der Waals surface area contributed by atoms with Gasteiger partial charge >= 0.3 is 0 Å². The molecule has 3 aromatic rings. The number of carbonyl (C=O) groups excluding carboxylic acids is 1. The number of anilines is 1. The van der Waals surface area contributed by atoms with Gasteiger partial charge in [0.2, 0.25) is 0 Å². The van der Waals surface area contributed by atoms with Crippen molar-refractivity contribution in [1.82, 2.24) is 4.98 Å². The number of hydrogen-bond acceptors (Lipinski definition) is 7. The van der Waals surface area contributed by atoms with E-state index in [1.54, 1.807) is 6.07 Å². The van der Waals surface area contributed by atoms with Crippen LogP contribution in [0.1, 0.15) is 26.9 Å². The van der Waals surface area contributed by atoms with Crippen LogP contribution < -0.4 is 10.1 Å². The van der Waals surface area contributed by atoms with Crippen molar-refractivity contribution in [3.8, 4) is 5.75 Å². The number of benzene rings is 1. The van der Waals surface area contributed by atoms with Crippen molar-refractivity contribution in [3.05, 3.63) is 67.6 Å². The minimum atomic E-state index is -0.541. The van der Waals surface area contributed by atoms with Crippen molar-refractivity contribution in [2.75, 3.05) is 5.32 Å². The zero-order valence-corrected chi connectivity index (χ0v) is 15.9. The zero-order chi connectivity index (χ0) is 19.6. The molecule has 0 bridgehead atoms. The standard InChI is InChI=1S/C17H14ClN3O5S/c1-9-10(2)27-17(19-9)20-16(22)14-6-4-12(26-14)8-25-15-7-11(21(23)24)3-5-13(15)18/h3-7H,8H2,1-2H3,(H,19,20,22). The Morgan fingerprint density at radius 3 is 2.81 bits per heavy atom. The summed E-state index contributed by atoms with van der Waals surface area (Å²) in [5, 5.41) is 14.2. The summed E-state index contributed by atoms with van der Waals surface area (Å²) >= 11 is 7.36. The highest BCUT2D eigenvalue weighted by atomic mass is 35.5. The zero-order valence-electron chi connectivity index (χ0n) is 14.3. The van der Waals surface area contributed by atoms with Crippen molar-refractivity contribution < 1.29 is 18.9 Å². The van der Waals surface area contributed by atoms with E-state index in [0.717, 1.165) is 10.6 Å². The van der Waals surface area contributed by atoms with E-state index < -0.39 is 10.8 Å². The molecule has 0 aliphatic carbocycles. The number of aryl methyl sites for hydroxylation is 2. The van der Waals surface area contributed by atoms with Gasteiger partial charge in [-0.25, -0.2) is 4.98 Å². The molecule has 10 heteroatoms. The Morgan fingerprint density at radius 2 is 2.15 bits per heavy atom. The third kappa shape index (κ3) is 4.44. The van der Waals surface area contributed by atoms with E-state index in [2.05, 4.69) is 10.3 Å². The third-order valence-electron chi connectivity index (χ3n) is 3.63. The van der Waals surface area contributed by atoms with Gasteiger partial charge in [0, 0.05) is 10.9 Å². The number of amides is 1. The van der Waals surface area contributed by atoms with Crippen LogP contribution in [-0.4, -0.2) is 15.8 Å². The topological polar surface area (TPSA) is 108 Å². The van der Waals surface area contributed by atoms with Crippen LogP contribution >= 0.6 is 22.9 Å². The largest absolute Gasteiger partial charge is 0.484 e. The molecule has 27 heavy (non-hydrogen) atoms. The molecule has 3 rings (SSSR count). The van der Waals surface area contributed by atoms with E-state index in [1.165, 1.54) is 35.6 Å². The summed E-state index contributed by atoms with van der Waals surface area (Å²) < 4.78 is 10.9. The van der Waals surface area contributed by atoms with E-state index in [-0.39, 0.29) is 28.8 Å². The number of aromatic nitrogens is 1. The fraction of sp³-hybridized carbons (Fsp3) is 0.176. The first-order valence-corrected chi connectivity index (χ1v) is 8.94. The molecule has 0 spiro atoms. The molecule has 0 atom stereocenters. The van der Waals surface area contributed by atoms with Gasteiger partial charge in [-0.1, -0.05) is 11.6 Å². The highest BCUT2D eigenvalue weighted by Gasteiger charge is 2.15. The maximum Gasteiger partial charge on any atom is 0.293 e. The van der Waals surface area contributed by atoms with Gasteiger partial charge in [-0.3, -0.25) is 20.2 Å². The van der Waals surface area contributed by atoms with Gasteiger partial charge < -0.3 is 9.15 Å². The van der Waals surface area contributed by atoms with E-state index >= 15 is 0 Å². The predicted molar refractivity (Wildman–Crippen MR) is 101 cm³/mol. The summed E-state index contributed by atoms with van der Waals surface area (Å²) in [7, 11) is 0. The SMILES string of the molecule is Cc1nc(NC(=O)c2ccc(COc3cc([N+](=O)[O-])ccc3Cl)o2)sc1C. The van der Waals surface area contributed by atoms with E-state index in [0.29, 0.717) is 10.9 Å². The maximum atomic E-state index is 12.2. The predicted octanol–water partition coefficient (Wildman–Crippen LogP) is 4.75. The molecule has 0 unspecified atom stereocenters. The average Bonchev–Trinajstić information content (AvgIpc) is 3.21. The molecule has 0 saturated heterocycles. The lowest BCUT2D eigenvalue weighted by Crippen LogP contribution is -2.10. The fourth-order valence-electron chi connectivity index (χ4n) is 2.13. The quantitative estimate of drug-likeness (QED) is 0.466. The first kappa shape index (κ1) is 18.9. The van der Waals surface area contributed by atoms with Crippen LogP contribution in [0.15, 0.2) is 34.7 Å². The van der Waals surface area contributed by atoms with Gasteiger partial charge in [0.15, 0.2) is 10.9 Å². The van der Waals surface area contributed by atoms with Crippen molar-refractivity contribution in [3.63, 3.8) is 0 Å². The van der Waals surface area contributed by atoms with Crippen LogP contribution in [-0.2, 0) is 6.61 Å². The monoisotopic (exact) mass is 407 g/mol. The molecule has 1 N–H and O–H groups in total. The van der Waals surface area contributed by atoms with Gasteiger partial charge in [-0.15, -0.1) is 11.3 Å². The van der Waals surface area contributed by atoms with Crippen molar-refractivity contribution in [1.29, 1.82) is 0 Å². The second-order valence-electron chi connectivity index (χ2n) is 5.54. The highest BCUT2D eigenvalue weighted by molar-refractivity contribution is 7.15. The van der Waals surface area contributed by atoms with Crippen LogP contribution in [0, 0.1) is 24.0 Å². The lowest BCUT2D eigenvalue weighted by atomic mass is 10.3. The van der Waals surface area contributed by atoms with Crippen molar-refractivity contribution in [2.45, 2.75) is 20.5 Å². The van der Waals surface area contributed by atoms with Gasteiger partial charge in [0.1, 0.15) is 18.1 Å². The summed E-state index contributed by atoms with van der Waals surface area (Å²) in [5.41, 5.74) is 0.723. The molecule has 2 aromatic heterocycles. The number of rotatable bonds is 6. The molecule has 8 nitrogen and oxygen atoms in total. The van der Waals surface area contributed by atoms with Crippen LogP contribution in [0.3, 0.4) is 0 Å². The number of nitro groups is 1. The average molecular weight is 408 g/mol. The molecule has 140 valence electrons. The molecule has 0 aliphatic heterocycles. The number of nitrogens with one attached hydrogen (secondary N) is 1. The number of nitro benzene ring substituents is 1. The number of nitrogens with zero attached hydrogens (tertiary/aromatic N) is 2. The van der Waals surface area contributed by atoms with Crippen molar-refractivity contribution in [2.24, 2.45) is 0 Å². The number of non-ortho nitro benzene ring substituents is 1. The number of carbonyl (C=O) groups is 1. The van der Waals surface area contributed by atoms with E-state index in [9.17, 15) is 14.9 Å². The van der Waals surface area contributed by atoms with Gasteiger partial charge in [0.05, 0.1) is 21.7 Å². The Hall–Kier alpha value is -2.91. The minimum Gasteiger partial charge on any atom is -0.484 e. The Kier molecular flexibility index (Phi) is 5.43. The van der Waals surface area contributed by atoms with Crippen molar-refractivity contribution >= 4 is 39.7 Å². The number of ether oxygens (including phenoxy) is 1. The van der Waals surface area contributed by atoms with Gasteiger partial charge in [-0.05, 0) is 32.0 Å². The summed E-state index contributed by atoms with van der Waals surface area (Å²) in [6.07, 6.45) is 0. The third-order valence-corrected chi connectivity index (χ3v) is 4.93.